The lowest BCUT2D eigenvalue weighted by atomic mass is 9.99. The van der Waals surface area contributed by atoms with Gasteiger partial charge in [-0.05, 0) is 56.5 Å². The second kappa shape index (κ2) is 8.83. The third-order valence-electron chi connectivity index (χ3n) is 5.22. The van der Waals surface area contributed by atoms with E-state index >= 15 is 0 Å². The Hall–Kier alpha value is -2.30. The van der Waals surface area contributed by atoms with Crippen molar-refractivity contribution < 1.29 is 27.1 Å². The summed E-state index contributed by atoms with van der Waals surface area (Å²) in [6, 6.07) is 4.62. The zero-order valence-electron chi connectivity index (χ0n) is 16.9. The van der Waals surface area contributed by atoms with Gasteiger partial charge in [0.25, 0.3) is 0 Å². The van der Waals surface area contributed by atoms with Gasteiger partial charge in [-0.3, -0.25) is 4.79 Å². The number of piperidine rings is 1. The second-order valence-electron chi connectivity index (χ2n) is 7.12. The number of aryl methyl sites for hydroxylation is 1. The number of amides is 1. The van der Waals surface area contributed by atoms with E-state index in [0.717, 1.165) is 22.6 Å². The van der Waals surface area contributed by atoms with Crippen LogP contribution in [0.2, 0.25) is 0 Å². The number of thiophene rings is 1. The van der Waals surface area contributed by atoms with E-state index in [4.69, 9.17) is 4.74 Å². The summed E-state index contributed by atoms with van der Waals surface area (Å²) in [5, 5.41) is 3.19. The highest BCUT2D eigenvalue weighted by Gasteiger charge is 2.34. The van der Waals surface area contributed by atoms with E-state index in [-0.39, 0.29) is 23.9 Å². The third-order valence-corrected chi connectivity index (χ3v) is 8.22. The molecule has 0 aliphatic carbocycles. The Morgan fingerprint density at radius 1 is 1.23 bits per heavy atom. The van der Waals surface area contributed by atoms with Crippen LogP contribution in [-0.2, 0) is 19.6 Å². The molecule has 30 heavy (non-hydrogen) atoms. The number of methoxy groups -OCH3 is 1. The van der Waals surface area contributed by atoms with E-state index in [1.807, 2.05) is 6.92 Å². The topological polar surface area (TPSA) is 92.8 Å². The minimum absolute atomic E-state index is 0.0116. The molecular weight excluding hydrogens is 431 g/mol. The summed E-state index contributed by atoms with van der Waals surface area (Å²) in [4.78, 5) is 25.9. The van der Waals surface area contributed by atoms with Crippen LogP contribution in [0.25, 0.3) is 0 Å². The predicted octanol–water partition coefficient (Wildman–Crippen LogP) is 3.33. The van der Waals surface area contributed by atoms with Gasteiger partial charge in [0.1, 0.15) is 10.8 Å². The Morgan fingerprint density at radius 3 is 2.53 bits per heavy atom. The van der Waals surface area contributed by atoms with Crippen LogP contribution in [-0.4, -0.2) is 44.8 Å². The highest BCUT2D eigenvalue weighted by molar-refractivity contribution is 7.89. The van der Waals surface area contributed by atoms with Crippen molar-refractivity contribution in [1.29, 1.82) is 0 Å². The van der Waals surface area contributed by atoms with Crippen molar-refractivity contribution in [3.05, 3.63) is 46.1 Å². The number of ether oxygens (including phenoxy) is 1. The number of rotatable bonds is 5. The monoisotopic (exact) mass is 454 g/mol. The van der Waals surface area contributed by atoms with Crippen molar-refractivity contribution in [2.24, 2.45) is 5.92 Å². The number of carbonyl (C=O) groups is 2. The molecule has 3 rings (SSSR count). The summed E-state index contributed by atoms with van der Waals surface area (Å²) in [5.41, 5.74) is 1.06. The molecule has 1 aromatic carbocycles. The highest BCUT2D eigenvalue weighted by atomic mass is 32.2. The first-order valence-corrected chi connectivity index (χ1v) is 11.7. The van der Waals surface area contributed by atoms with Gasteiger partial charge < -0.3 is 10.1 Å². The maximum atomic E-state index is 13.1. The van der Waals surface area contributed by atoms with Crippen LogP contribution in [0.3, 0.4) is 0 Å². The van der Waals surface area contributed by atoms with E-state index in [1.54, 1.807) is 6.92 Å². The van der Waals surface area contributed by atoms with Crippen molar-refractivity contribution in [3.8, 4) is 0 Å². The fourth-order valence-electron chi connectivity index (χ4n) is 3.41. The molecule has 1 aliphatic rings. The van der Waals surface area contributed by atoms with E-state index in [0.29, 0.717) is 23.4 Å². The van der Waals surface area contributed by atoms with Crippen LogP contribution >= 0.6 is 11.3 Å². The number of anilines is 1. The Bertz CT molecular complexity index is 1060. The lowest BCUT2D eigenvalue weighted by Gasteiger charge is -2.31. The lowest BCUT2D eigenvalue weighted by molar-refractivity contribution is -0.120. The van der Waals surface area contributed by atoms with Crippen LogP contribution in [0.15, 0.2) is 29.2 Å². The fourth-order valence-corrected chi connectivity index (χ4v) is 5.98. The molecule has 1 unspecified atom stereocenters. The smallest absolute Gasteiger partial charge is 0.341 e. The van der Waals surface area contributed by atoms with Crippen LogP contribution in [0.4, 0.5) is 9.39 Å². The quantitative estimate of drug-likeness (QED) is 0.700. The molecule has 10 heteroatoms. The van der Waals surface area contributed by atoms with Gasteiger partial charge in [-0.15, -0.1) is 11.3 Å². The van der Waals surface area contributed by atoms with Gasteiger partial charge in [-0.1, -0.05) is 0 Å². The van der Waals surface area contributed by atoms with Gasteiger partial charge in [0.15, 0.2) is 0 Å². The van der Waals surface area contributed by atoms with Crippen molar-refractivity contribution in [3.63, 3.8) is 0 Å². The summed E-state index contributed by atoms with van der Waals surface area (Å²) in [6.45, 7) is 3.93. The molecule has 1 atom stereocenters. The maximum Gasteiger partial charge on any atom is 0.341 e. The van der Waals surface area contributed by atoms with Crippen molar-refractivity contribution >= 4 is 38.2 Å². The maximum absolute atomic E-state index is 13.1. The van der Waals surface area contributed by atoms with Crippen LogP contribution < -0.4 is 5.32 Å². The molecule has 0 spiro atoms. The fraction of sp³-hybridized carbons (Fsp3) is 0.400. The zero-order valence-corrected chi connectivity index (χ0v) is 18.5. The van der Waals surface area contributed by atoms with E-state index in [2.05, 4.69) is 5.32 Å². The van der Waals surface area contributed by atoms with E-state index in [9.17, 15) is 22.4 Å². The van der Waals surface area contributed by atoms with Crippen molar-refractivity contribution in [1.82, 2.24) is 4.31 Å². The average molecular weight is 455 g/mol. The van der Waals surface area contributed by atoms with E-state index in [1.165, 1.54) is 34.9 Å². The highest BCUT2D eigenvalue weighted by Crippen LogP contribution is 2.34. The molecular formula is C20H23FN2O5S2. The lowest BCUT2D eigenvalue weighted by Crippen LogP contribution is -2.43. The number of nitrogens with zero attached hydrogens (tertiary/aromatic N) is 1. The number of sulfonamides is 1. The van der Waals surface area contributed by atoms with Gasteiger partial charge in [-0.25, -0.2) is 17.6 Å². The summed E-state index contributed by atoms with van der Waals surface area (Å²) >= 11 is 1.28. The Morgan fingerprint density at radius 2 is 1.90 bits per heavy atom. The molecule has 1 saturated heterocycles. The molecule has 1 N–H and O–H groups in total. The zero-order chi connectivity index (χ0) is 22.1. The number of halogens is 1. The molecule has 2 heterocycles. The van der Waals surface area contributed by atoms with Crippen LogP contribution in [0, 0.1) is 25.6 Å². The molecule has 1 aliphatic heterocycles. The Labute approximate surface area is 178 Å². The first-order chi connectivity index (χ1) is 14.1. The summed E-state index contributed by atoms with van der Waals surface area (Å²) in [5.74, 6) is -1.97. The minimum Gasteiger partial charge on any atom is -0.465 e. The number of benzene rings is 1. The standard InChI is InChI=1S/C20H23FN2O5S2/c1-12-13(2)29-19(17(12)20(25)28-3)22-18(24)14-5-4-10-23(11-14)30(26,27)16-8-6-15(21)7-9-16/h6-9,14H,4-5,10-11H2,1-3H3,(H,22,24). The summed E-state index contributed by atoms with van der Waals surface area (Å²) in [7, 11) is -2.55. The Balaban J connectivity index is 1.78. The summed E-state index contributed by atoms with van der Waals surface area (Å²) < 4.78 is 44.9. The SMILES string of the molecule is COC(=O)c1c(NC(=O)C2CCCN(S(=O)(=O)c3ccc(F)cc3)C2)sc(C)c1C. The number of nitrogens with one attached hydrogen (secondary N) is 1. The first kappa shape index (κ1) is 22.4. The van der Waals surface area contributed by atoms with Crippen LogP contribution in [0.5, 0.6) is 0 Å². The second-order valence-corrected chi connectivity index (χ2v) is 10.3. The largest absolute Gasteiger partial charge is 0.465 e. The van der Waals surface area contributed by atoms with Crippen LogP contribution in [0.1, 0.15) is 33.6 Å². The molecule has 0 bridgehead atoms. The van der Waals surface area contributed by atoms with Crippen molar-refractivity contribution in [2.45, 2.75) is 31.6 Å². The third kappa shape index (κ3) is 4.40. The number of hydrogen-bond donors (Lipinski definition) is 1. The summed E-state index contributed by atoms with van der Waals surface area (Å²) in [6.07, 6.45) is 1.04. The Kier molecular flexibility index (Phi) is 6.59. The normalized spacial score (nSPS) is 17.5. The van der Waals surface area contributed by atoms with E-state index < -0.39 is 27.7 Å². The first-order valence-electron chi connectivity index (χ1n) is 9.40. The predicted molar refractivity (Wildman–Crippen MR) is 112 cm³/mol. The molecule has 7 nitrogen and oxygen atoms in total. The molecule has 1 fully saturated rings. The minimum atomic E-state index is -3.83. The number of carbonyl (C=O) groups excluding carboxylic acids is 2. The molecule has 2 aromatic rings. The molecule has 0 saturated carbocycles. The van der Waals surface area contributed by atoms with Gasteiger partial charge in [-0.2, -0.15) is 4.31 Å². The number of esters is 1. The van der Waals surface area contributed by atoms with Crippen molar-refractivity contribution in [2.75, 3.05) is 25.5 Å². The van der Waals surface area contributed by atoms with Gasteiger partial charge in [0.2, 0.25) is 15.9 Å². The average Bonchev–Trinajstić information content (AvgIpc) is 3.01. The molecule has 1 aromatic heterocycles. The molecule has 162 valence electrons. The molecule has 0 radical (unpaired) electrons. The molecule has 1 amide bonds. The van der Waals surface area contributed by atoms with Gasteiger partial charge >= 0.3 is 5.97 Å². The number of hydrogen-bond acceptors (Lipinski definition) is 6. The van der Waals surface area contributed by atoms with Gasteiger partial charge in [0.05, 0.1) is 23.5 Å². The van der Waals surface area contributed by atoms with Gasteiger partial charge in [0, 0.05) is 18.0 Å².